The van der Waals surface area contributed by atoms with E-state index in [2.05, 4.69) is 41.5 Å². The lowest BCUT2D eigenvalue weighted by molar-refractivity contribution is -0.161. The Labute approximate surface area is 581 Å². The maximum Gasteiger partial charge on any atom is 0.472 e. The molecule has 0 aromatic carbocycles. The van der Waals surface area contributed by atoms with E-state index >= 15 is 0 Å². The molecule has 0 amide bonds. The lowest BCUT2D eigenvalue weighted by Crippen LogP contribution is -2.30. The molecule has 2 unspecified atom stereocenters. The molecule has 0 fully saturated rings. The van der Waals surface area contributed by atoms with Gasteiger partial charge in [0.05, 0.1) is 26.4 Å². The second-order valence-electron chi connectivity index (χ2n) is 28.3. The van der Waals surface area contributed by atoms with Crippen LogP contribution < -0.4 is 0 Å². The van der Waals surface area contributed by atoms with Crippen LogP contribution in [0.5, 0.6) is 0 Å². The minimum absolute atomic E-state index is 0.107. The maximum atomic E-state index is 13.1. The first-order chi connectivity index (χ1) is 45.9. The van der Waals surface area contributed by atoms with E-state index in [1.165, 1.54) is 205 Å². The average Bonchev–Trinajstić information content (AvgIpc) is 1.39. The van der Waals surface area contributed by atoms with Crippen molar-refractivity contribution in [1.29, 1.82) is 0 Å². The zero-order valence-corrected chi connectivity index (χ0v) is 63.8. The van der Waals surface area contributed by atoms with Gasteiger partial charge in [-0.15, -0.1) is 0 Å². The number of unbranched alkanes of at least 4 members (excludes halogenated alkanes) is 45. The number of phosphoric ester groups is 2. The third-order valence-electron chi connectivity index (χ3n) is 17.7. The van der Waals surface area contributed by atoms with Gasteiger partial charge in [0.25, 0.3) is 0 Å². The minimum Gasteiger partial charge on any atom is -0.462 e. The molecule has 0 aliphatic carbocycles. The molecular weight excluding hydrogens is 1250 g/mol. The number of rotatable bonds is 75. The van der Waals surface area contributed by atoms with Crippen LogP contribution in [-0.4, -0.2) is 96.7 Å². The van der Waals surface area contributed by atoms with Crippen molar-refractivity contribution < 1.29 is 80.2 Å². The molecule has 0 rings (SSSR count). The first-order valence-corrected chi connectivity index (χ1v) is 42.5. The van der Waals surface area contributed by atoms with Gasteiger partial charge in [-0.1, -0.05) is 343 Å². The predicted molar refractivity (Wildman–Crippen MR) is 386 cm³/mol. The predicted octanol–water partition coefficient (Wildman–Crippen LogP) is 22.3. The van der Waals surface area contributed by atoms with Gasteiger partial charge in [0.2, 0.25) is 0 Å². The summed E-state index contributed by atoms with van der Waals surface area (Å²) < 4.78 is 68.3. The quantitative estimate of drug-likeness (QED) is 0.0222. The number of aliphatic hydroxyl groups excluding tert-OH is 1. The summed E-state index contributed by atoms with van der Waals surface area (Å²) in [6, 6.07) is 0. The largest absolute Gasteiger partial charge is 0.472 e. The van der Waals surface area contributed by atoms with E-state index in [0.29, 0.717) is 25.7 Å². The number of carbonyl (C=O) groups is 4. The Bertz CT molecular complexity index is 1840. The summed E-state index contributed by atoms with van der Waals surface area (Å²) in [6.07, 6.45) is 55.9. The molecule has 17 nitrogen and oxygen atoms in total. The molecule has 3 N–H and O–H groups in total. The summed E-state index contributed by atoms with van der Waals surface area (Å²) in [7, 11) is -9.90. The third-order valence-corrected chi connectivity index (χ3v) is 19.6. The molecule has 0 spiro atoms. The van der Waals surface area contributed by atoms with Crippen LogP contribution >= 0.6 is 15.6 Å². The number of aliphatic hydroxyl groups is 1. The fourth-order valence-electron chi connectivity index (χ4n) is 11.7. The highest BCUT2D eigenvalue weighted by Gasteiger charge is 2.30. The van der Waals surface area contributed by atoms with Crippen molar-refractivity contribution in [2.45, 2.75) is 413 Å². The van der Waals surface area contributed by atoms with Crippen LogP contribution in [0.25, 0.3) is 0 Å². The molecule has 19 heteroatoms. The van der Waals surface area contributed by atoms with Gasteiger partial charge in [-0.3, -0.25) is 37.3 Å². The van der Waals surface area contributed by atoms with Gasteiger partial charge in [0, 0.05) is 25.7 Å². The summed E-state index contributed by atoms with van der Waals surface area (Å²) in [5.74, 6) is -0.525. The van der Waals surface area contributed by atoms with Crippen molar-refractivity contribution in [1.82, 2.24) is 0 Å². The monoisotopic (exact) mass is 1400 g/mol. The number of carbonyl (C=O) groups excluding carboxylic acids is 4. The summed E-state index contributed by atoms with van der Waals surface area (Å²) in [5, 5.41) is 10.6. The van der Waals surface area contributed by atoms with Crippen LogP contribution in [0.15, 0.2) is 0 Å². The van der Waals surface area contributed by atoms with Gasteiger partial charge in [0.1, 0.15) is 19.3 Å². The lowest BCUT2D eigenvalue weighted by atomic mass is 10.0. The minimum atomic E-state index is -4.96. The van der Waals surface area contributed by atoms with Crippen molar-refractivity contribution in [3.05, 3.63) is 0 Å². The van der Waals surface area contributed by atoms with Gasteiger partial charge < -0.3 is 33.8 Å². The number of hydrogen-bond donors (Lipinski definition) is 3. The topological polar surface area (TPSA) is 237 Å². The Morgan fingerprint density at radius 3 is 0.716 bits per heavy atom. The van der Waals surface area contributed by atoms with E-state index in [4.69, 9.17) is 37.0 Å². The standard InChI is InChI=1S/C76H148O17P2/c1-7-9-11-13-14-15-16-17-20-26-32-37-42-48-54-60-75(80)92-71(64-86-73(78)58-52-44-12-10-8-2)66-90-94(82,83)88-62-70(77)63-89-95(84,85)91-67-72(65-87-74(79)59-53-47-41-36-31-28-23-25-30-35-40-46-51-57-69(5)6)93-76(81)61-55-49-43-38-33-27-22-19-18-21-24-29-34-39-45-50-56-68(3)4/h68-72,77H,7-67H2,1-6H3,(H,82,83)(H,84,85)/t70-,71+,72+/m0/s1. The number of phosphoric acid groups is 2. The van der Waals surface area contributed by atoms with Crippen LogP contribution in [0.2, 0.25) is 0 Å². The Hall–Kier alpha value is -1.94. The van der Waals surface area contributed by atoms with Crippen molar-refractivity contribution in [3.63, 3.8) is 0 Å². The third kappa shape index (κ3) is 70.3. The van der Waals surface area contributed by atoms with E-state index in [1.54, 1.807) is 0 Å². The Balaban J connectivity index is 5.14. The van der Waals surface area contributed by atoms with Crippen molar-refractivity contribution in [2.75, 3.05) is 39.6 Å². The van der Waals surface area contributed by atoms with Crippen molar-refractivity contribution in [3.8, 4) is 0 Å². The molecule has 564 valence electrons. The molecule has 0 saturated carbocycles. The van der Waals surface area contributed by atoms with Gasteiger partial charge in [-0.25, -0.2) is 9.13 Å². The molecule has 0 bridgehead atoms. The second kappa shape index (κ2) is 67.9. The van der Waals surface area contributed by atoms with Gasteiger partial charge in [0.15, 0.2) is 12.2 Å². The van der Waals surface area contributed by atoms with E-state index < -0.39 is 97.5 Å². The van der Waals surface area contributed by atoms with Gasteiger partial charge >= 0.3 is 39.5 Å². The van der Waals surface area contributed by atoms with E-state index in [0.717, 1.165) is 108 Å². The zero-order chi connectivity index (χ0) is 70.0. The molecule has 0 aromatic rings. The summed E-state index contributed by atoms with van der Waals surface area (Å²) >= 11 is 0. The molecule has 95 heavy (non-hydrogen) atoms. The van der Waals surface area contributed by atoms with E-state index in [-0.39, 0.29) is 25.7 Å². The first kappa shape index (κ1) is 93.1. The summed E-state index contributed by atoms with van der Waals surface area (Å²) in [5.41, 5.74) is 0. The molecule has 0 aromatic heterocycles. The Morgan fingerprint density at radius 1 is 0.284 bits per heavy atom. The SMILES string of the molecule is CCCCCCCCCCCCCCCCCC(=O)O[C@H](COC(=O)CCCCCCC)COP(=O)(O)OC[C@H](O)COP(=O)(O)OC[C@@H](COC(=O)CCCCCCCCCCCCCCCC(C)C)OC(=O)CCCCCCCCCCCCCCCCCCC(C)C. The van der Waals surface area contributed by atoms with Crippen LogP contribution in [-0.2, 0) is 65.4 Å². The highest BCUT2D eigenvalue weighted by molar-refractivity contribution is 7.47. The molecule has 0 heterocycles. The van der Waals surface area contributed by atoms with E-state index in [9.17, 15) is 43.2 Å². The van der Waals surface area contributed by atoms with Crippen LogP contribution in [0, 0.1) is 11.8 Å². The molecule has 0 aliphatic heterocycles. The first-order valence-electron chi connectivity index (χ1n) is 39.5. The molecule has 5 atom stereocenters. The van der Waals surface area contributed by atoms with Crippen molar-refractivity contribution >= 4 is 39.5 Å². The van der Waals surface area contributed by atoms with Gasteiger partial charge in [-0.2, -0.15) is 0 Å². The fourth-order valence-corrected chi connectivity index (χ4v) is 13.2. The summed E-state index contributed by atoms with van der Waals surface area (Å²) in [4.78, 5) is 72.5. The maximum absolute atomic E-state index is 13.1. The second-order valence-corrected chi connectivity index (χ2v) is 31.3. The van der Waals surface area contributed by atoms with Crippen LogP contribution in [0.1, 0.15) is 395 Å². The molecule has 0 aliphatic rings. The average molecular weight is 1400 g/mol. The highest BCUT2D eigenvalue weighted by Crippen LogP contribution is 2.45. The summed E-state index contributed by atoms with van der Waals surface area (Å²) in [6.45, 7) is 9.56. The molecule has 0 radical (unpaired) electrons. The fraction of sp³-hybridized carbons (Fsp3) is 0.947. The Morgan fingerprint density at radius 2 is 0.484 bits per heavy atom. The van der Waals surface area contributed by atoms with Crippen molar-refractivity contribution in [2.24, 2.45) is 11.8 Å². The number of hydrogen-bond acceptors (Lipinski definition) is 15. The van der Waals surface area contributed by atoms with E-state index in [1.807, 2.05) is 0 Å². The lowest BCUT2D eigenvalue weighted by Gasteiger charge is -2.21. The Kier molecular flexibility index (Phi) is 66.5. The number of esters is 4. The molecule has 0 saturated heterocycles. The zero-order valence-electron chi connectivity index (χ0n) is 62.0. The normalized spacial score (nSPS) is 14.0. The van der Waals surface area contributed by atoms with Crippen LogP contribution in [0.3, 0.4) is 0 Å². The van der Waals surface area contributed by atoms with Gasteiger partial charge in [-0.05, 0) is 37.5 Å². The number of ether oxygens (including phenoxy) is 4. The molecular formula is C76H148O17P2. The smallest absolute Gasteiger partial charge is 0.462 e. The highest BCUT2D eigenvalue weighted by atomic mass is 31.2. The van der Waals surface area contributed by atoms with Crippen LogP contribution in [0.4, 0.5) is 0 Å².